The maximum absolute atomic E-state index is 11.9. The van der Waals surface area contributed by atoms with Crippen LogP contribution in [0.2, 0.25) is 0 Å². The number of hydrogen-bond donors (Lipinski definition) is 4. The highest BCUT2D eigenvalue weighted by atomic mass is 16.2. The van der Waals surface area contributed by atoms with Gasteiger partial charge in [-0.1, -0.05) is 13.8 Å². The molecule has 0 rings (SSSR count). The number of nitrogens with two attached hydrogens (primary N) is 1. The van der Waals surface area contributed by atoms with Crippen molar-refractivity contribution in [2.24, 2.45) is 11.7 Å². The molecule has 0 bridgehead atoms. The van der Waals surface area contributed by atoms with Crippen LogP contribution in [0.5, 0.6) is 0 Å². The minimum Gasteiger partial charge on any atom is -0.355 e. The Morgan fingerprint density at radius 3 is 2.00 bits per heavy atom. The van der Waals surface area contributed by atoms with Crippen LogP contribution in [0.25, 0.3) is 0 Å². The minimum atomic E-state index is -0.769. The van der Waals surface area contributed by atoms with E-state index in [2.05, 4.69) is 16.0 Å². The summed E-state index contributed by atoms with van der Waals surface area (Å²) in [4.78, 5) is 34.1. The van der Waals surface area contributed by atoms with Crippen molar-refractivity contribution in [2.75, 3.05) is 6.54 Å². The van der Waals surface area contributed by atoms with E-state index in [4.69, 9.17) is 5.73 Å². The highest BCUT2D eigenvalue weighted by Crippen LogP contribution is 2.02. The summed E-state index contributed by atoms with van der Waals surface area (Å²) >= 11 is 0. The Bertz CT molecular complexity index is 317. The standard InChI is InChI=1S/C11H22N4O3/c1-5-13-9(16)7(4)14-10(17)8(6(2)3)15-11(12)18/h6-8H,5H2,1-4H3,(H,13,16)(H,14,17)(H3,12,15,18). The molecule has 0 heterocycles. The third-order valence-corrected chi connectivity index (χ3v) is 2.35. The first-order chi connectivity index (χ1) is 8.29. The van der Waals surface area contributed by atoms with Crippen molar-refractivity contribution in [2.45, 2.75) is 39.8 Å². The van der Waals surface area contributed by atoms with E-state index in [9.17, 15) is 14.4 Å². The van der Waals surface area contributed by atoms with Gasteiger partial charge in [0, 0.05) is 6.54 Å². The van der Waals surface area contributed by atoms with Crippen molar-refractivity contribution in [3.05, 3.63) is 0 Å². The molecule has 0 spiro atoms. The van der Waals surface area contributed by atoms with Crippen molar-refractivity contribution in [1.29, 1.82) is 0 Å². The minimum absolute atomic E-state index is 0.126. The van der Waals surface area contributed by atoms with Crippen molar-refractivity contribution >= 4 is 17.8 Å². The van der Waals surface area contributed by atoms with Crippen molar-refractivity contribution in [3.8, 4) is 0 Å². The molecule has 0 fully saturated rings. The van der Waals surface area contributed by atoms with Gasteiger partial charge >= 0.3 is 6.03 Å². The zero-order chi connectivity index (χ0) is 14.3. The molecule has 4 amide bonds. The Kier molecular flexibility index (Phi) is 6.77. The summed E-state index contributed by atoms with van der Waals surface area (Å²) in [5.74, 6) is -0.825. The number of rotatable bonds is 6. The van der Waals surface area contributed by atoms with Gasteiger partial charge in [-0.3, -0.25) is 9.59 Å². The first kappa shape index (κ1) is 16.2. The van der Waals surface area contributed by atoms with Crippen LogP contribution >= 0.6 is 0 Å². The number of hydrogen-bond acceptors (Lipinski definition) is 3. The van der Waals surface area contributed by atoms with Crippen molar-refractivity contribution in [1.82, 2.24) is 16.0 Å². The molecule has 104 valence electrons. The van der Waals surface area contributed by atoms with Crippen LogP contribution in [0.4, 0.5) is 4.79 Å². The molecule has 0 saturated carbocycles. The normalized spacial score (nSPS) is 13.6. The Morgan fingerprint density at radius 1 is 1.06 bits per heavy atom. The SMILES string of the molecule is CCNC(=O)C(C)NC(=O)C(NC(N)=O)C(C)C. The molecule has 7 heteroatoms. The van der Waals surface area contributed by atoms with Gasteiger partial charge in [-0.15, -0.1) is 0 Å². The largest absolute Gasteiger partial charge is 0.355 e. The first-order valence-corrected chi connectivity index (χ1v) is 5.93. The molecule has 2 atom stereocenters. The summed E-state index contributed by atoms with van der Waals surface area (Å²) in [5.41, 5.74) is 5.00. The summed E-state index contributed by atoms with van der Waals surface area (Å²) in [6, 6.07) is -2.18. The molecule has 0 aromatic rings. The first-order valence-electron chi connectivity index (χ1n) is 5.93. The molecule has 0 aliphatic rings. The van der Waals surface area contributed by atoms with Crippen molar-refractivity contribution < 1.29 is 14.4 Å². The number of carbonyl (C=O) groups excluding carboxylic acids is 3. The monoisotopic (exact) mass is 258 g/mol. The van der Waals surface area contributed by atoms with Crippen LogP contribution in [0.15, 0.2) is 0 Å². The zero-order valence-electron chi connectivity index (χ0n) is 11.2. The third kappa shape index (κ3) is 5.51. The molecule has 0 saturated heterocycles. The summed E-state index contributed by atoms with van der Waals surface area (Å²) in [6.07, 6.45) is 0. The van der Waals surface area contributed by atoms with Crippen molar-refractivity contribution in [3.63, 3.8) is 0 Å². The van der Waals surface area contributed by atoms with Crippen LogP contribution in [0.3, 0.4) is 0 Å². The Labute approximate surface area is 107 Å². The molecule has 0 aromatic heterocycles. The van der Waals surface area contributed by atoms with Crippen LogP contribution in [0, 0.1) is 5.92 Å². The summed E-state index contributed by atoms with van der Waals surface area (Å²) in [7, 11) is 0. The molecule has 0 aliphatic carbocycles. The van der Waals surface area contributed by atoms with Gasteiger partial charge in [0.1, 0.15) is 12.1 Å². The second kappa shape index (κ2) is 7.52. The molecule has 5 N–H and O–H groups in total. The van der Waals surface area contributed by atoms with E-state index in [0.717, 1.165) is 0 Å². The van der Waals surface area contributed by atoms with E-state index < -0.39 is 24.0 Å². The molecular formula is C11H22N4O3. The fourth-order valence-electron chi connectivity index (χ4n) is 1.38. The summed E-state index contributed by atoms with van der Waals surface area (Å²) in [5, 5.41) is 7.47. The van der Waals surface area contributed by atoms with Gasteiger partial charge in [0.05, 0.1) is 0 Å². The highest BCUT2D eigenvalue weighted by molar-refractivity contribution is 5.91. The molecule has 7 nitrogen and oxygen atoms in total. The van der Waals surface area contributed by atoms with Crippen LogP contribution in [-0.4, -0.2) is 36.5 Å². The van der Waals surface area contributed by atoms with Crippen LogP contribution in [-0.2, 0) is 9.59 Å². The van der Waals surface area contributed by atoms with E-state index >= 15 is 0 Å². The van der Waals surface area contributed by atoms with E-state index in [-0.39, 0.29) is 11.8 Å². The van der Waals surface area contributed by atoms with E-state index in [1.165, 1.54) is 0 Å². The highest BCUT2D eigenvalue weighted by Gasteiger charge is 2.25. The number of likely N-dealkylation sites (N-methyl/N-ethyl adjacent to an activating group) is 1. The van der Waals surface area contributed by atoms with E-state index in [1.807, 2.05) is 0 Å². The van der Waals surface area contributed by atoms with E-state index in [0.29, 0.717) is 6.54 Å². The van der Waals surface area contributed by atoms with Gasteiger partial charge in [-0.25, -0.2) is 4.79 Å². The maximum Gasteiger partial charge on any atom is 0.312 e. The van der Waals surface area contributed by atoms with Crippen LogP contribution in [0.1, 0.15) is 27.7 Å². The number of carbonyl (C=O) groups is 3. The molecular weight excluding hydrogens is 236 g/mol. The molecule has 0 aromatic carbocycles. The van der Waals surface area contributed by atoms with Crippen LogP contribution < -0.4 is 21.7 Å². The fourth-order valence-corrected chi connectivity index (χ4v) is 1.38. The Balaban J connectivity index is 4.51. The van der Waals surface area contributed by atoms with Gasteiger partial charge in [-0.2, -0.15) is 0 Å². The lowest BCUT2D eigenvalue weighted by Gasteiger charge is -2.22. The molecule has 18 heavy (non-hydrogen) atoms. The third-order valence-electron chi connectivity index (χ3n) is 2.35. The topological polar surface area (TPSA) is 113 Å². The number of nitrogens with one attached hydrogen (secondary N) is 3. The predicted molar refractivity (Wildman–Crippen MR) is 67.6 cm³/mol. The molecule has 2 unspecified atom stereocenters. The predicted octanol–water partition coefficient (Wildman–Crippen LogP) is -0.680. The van der Waals surface area contributed by atoms with Gasteiger partial charge in [0.15, 0.2) is 0 Å². The molecule has 0 radical (unpaired) electrons. The van der Waals surface area contributed by atoms with Gasteiger partial charge in [0.25, 0.3) is 0 Å². The summed E-state index contributed by atoms with van der Waals surface area (Å²) in [6.45, 7) is 7.41. The van der Waals surface area contributed by atoms with E-state index in [1.54, 1.807) is 27.7 Å². The number of primary amides is 1. The quantitative estimate of drug-likeness (QED) is 0.506. The average molecular weight is 258 g/mol. The second-order valence-corrected chi connectivity index (χ2v) is 4.36. The lowest BCUT2D eigenvalue weighted by molar-refractivity contribution is -0.130. The summed E-state index contributed by atoms with van der Waals surface area (Å²) < 4.78 is 0. The Morgan fingerprint density at radius 2 is 1.61 bits per heavy atom. The average Bonchev–Trinajstić information content (AvgIpc) is 2.25. The number of urea groups is 1. The second-order valence-electron chi connectivity index (χ2n) is 4.36. The van der Waals surface area contributed by atoms with Gasteiger partial charge in [-0.05, 0) is 19.8 Å². The smallest absolute Gasteiger partial charge is 0.312 e. The number of amides is 4. The van der Waals surface area contributed by atoms with Gasteiger partial charge < -0.3 is 21.7 Å². The lowest BCUT2D eigenvalue weighted by atomic mass is 10.0. The molecule has 0 aliphatic heterocycles. The zero-order valence-corrected chi connectivity index (χ0v) is 11.2. The maximum atomic E-state index is 11.9. The lowest BCUT2D eigenvalue weighted by Crippen LogP contribution is -2.55. The van der Waals surface area contributed by atoms with Gasteiger partial charge in [0.2, 0.25) is 11.8 Å². The Hall–Kier alpha value is -1.79. The fraction of sp³-hybridized carbons (Fsp3) is 0.727.